The summed E-state index contributed by atoms with van der Waals surface area (Å²) in [5.74, 6) is 0.398. The zero-order valence-corrected chi connectivity index (χ0v) is 31.6. The molecule has 0 aliphatic heterocycles. The minimum Gasteiger partial charge on any atom is -0.507 e. The Morgan fingerprint density at radius 2 is 0.837 bits per heavy atom. The smallest absolute Gasteiger partial charge is 0.507 e. The highest BCUT2D eigenvalue weighted by Crippen LogP contribution is 2.37. The third kappa shape index (κ3) is 12.8. The monoisotopic (exact) mass is 640 g/mol. The predicted octanol–water partition coefficient (Wildman–Crippen LogP) is 11.7. The van der Waals surface area contributed by atoms with Gasteiger partial charge in [0.2, 0.25) is 0 Å². The molecule has 0 aromatic heterocycles. The molecule has 3 nitrogen and oxygen atoms in total. The molecule has 0 aliphatic rings. The van der Waals surface area contributed by atoms with E-state index in [1.54, 1.807) is 0 Å². The molecule has 0 saturated carbocycles. The van der Waals surface area contributed by atoms with Crippen molar-refractivity contribution in [1.82, 2.24) is 0 Å². The van der Waals surface area contributed by atoms with E-state index in [4.69, 9.17) is 8.85 Å². The van der Waals surface area contributed by atoms with Gasteiger partial charge in [-0.05, 0) is 126 Å². The molecule has 2 aromatic rings. The van der Waals surface area contributed by atoms with Gasteiger partial charge in [0.1, 0.15) is 5.75 Å². The van der Waals surface area contributed by atoms with Gasteiger partial charge in [0.15, 0.2) is 16.6 Å². The Labute approximate surface area is 264 Å². The zero-order chi connectivity index (χ0) is 33.8. The lowest BCUT2D eigenvalue weighted by atomic mass is 9.94. The summed E-state index contributed by atoms with van der Waals surface area (Å²) in [6, 6.07) is 17.9. The average Bonchev–Trinajstić information content (AvgIpc) is 2.92. The molecule has 43 heavy (non-hydrogen) atoms. The van der Waals surface area contributed by atoms with Crippen LogP contribution in [0.3, 0.4) is 0 Å². The number of phenolic OH excluding ortho intramolecular Hbond substituents is 1. The molecule has 2 rings (SSSR count). The van der Waals surface area contributed by atoms with Crippen molar-refractivity contribution in [1.29, 1.82) is 0 Å². The number of hydrogen-bond acceptors (Lipinski definition) is 3. The van der Waals surface area contributed by atoms with Crippen LogP contribution < -0.4 is 0 Å². The fraction of sp³-hybridized carbons (Fsp3) is 0.647. The van der Waals surface area contributed by atoms with Crippen LogP contribution in [0.4, 0.5) is 12.9 Å². The quantitative estimate of drug-likeness (QED) is 0.235. The van der Waals surface area contributed by atoms with Crippen molar-refractivity contribution in [3.05, 3.63) is 63.7 Å². The van der Waals surface area contributed by atoms with Gasteiger partial charge in [0.05, 0.1) is 11.2 Å². The third-order valence-corrected chi connectivity index (χ3v) is 18.5. The number of halogens is 3. The molecule has 0 heterocycles. The van der Waals surface area contributed by atoms with E-state index < -0.39 is 24.2 Å². The number of aryl methyl sites for hydroxylation is 4. The molecule has 0 fully saturated rings. The molecule has 1 N–H and O–H groups in total. The normalized spacial score (nSPS) is 12.2. The van der Waals surface area contributed by atoms with Crippen LogP contribution in [0.5, 0.6) is 5.75 Å². The highest BCUT2D eigenvalue weighted by Gasteiger charge is 2.37. The fourth-order valence-corrected chi connectivity index (χ4v) is 12.0. The summed E-state index contributed by atoms with van der Waals surface area (Å²) >= 11 is 0. The van der Waals surface area contributed by atoms with Crippen molar-refractivity contribution < 1.29 is 26.9 Å². The standard InChI is InChI=1S/C17H30O2Si.C17H30OSi.BF3/c1-8-20(9-2,10-3)19-17(6,7)15-11-13(4)16(18)14(5)12-15;1-8-19(9-2,10-3)18-17(6,7)16-12-14(4)11-15(5)13-16;2-1(3)4/h11-12,18H,8-10H2,1-7H3;11-13H,8-10H2,1-7H3;. The average molecular weight is 641 g/mol. The van der Waals surface area contributed by atoms with Crippen LogP contribution in [0.25, 0.3) is 0 Å². The molecule has 9 heteroatoms. The molecule has 246 valence electrons. The largest absolute Gasteiger partial charge is 0.762 e. The topological polar surface area (TPSA) is 38.7 Å². The number of phenols is 1. The van der Waals surface area contributed by atoms with E-state index in [0.29, 0.717) is 5.75 Å². The van der Waals surface area contributed by atoms with Crippen LogP contribution in [-0.2, 0) is 20.1 Å². The first-order valence-corrected chi connectivity index (χ1v) is 21.0. The van der Waals surface area contributed by atoms with Crippen LogP contribution >= 0.6 is 0 Å². The summed E-state index contributed by atoms with van der Waals surface area (Å²) in [7, 11) is -6.88. The van der Waals surface area contributed by atoms with E-state index in [0.717, 1.165) is 34.8 Å². The summed E-state index contributed by atoms with van der Waals surface area (Å²) < 4.78 is 42.4. The highest BCUT2D eigenvalue weighted by atomic mass is 28.4. The number of benzene rings is 2. The van der Waals surface area contributed by atoms with E-state index in [-0.39, 0.29) is 11.2 Å². The second-order valence-corrected chi connectivity index (χ2v) is 22.2. The SMILES string of the molecule is CC[Si](CC)(CC)OC(C)(C)c1cc(C)c(O)c(C)c1.CC[Si](CC)(CC)OC(C)(C)c1cc(C)cc(C)c1.FB(F)F. The van der Waals surface area contributed by atoms with Gasteiger partial charge < -0.3 is 14.0 Å². The summed E-state index contributed by atoms with van der Waals surface area (Å²) in [4.78, 5) is 0. The fourth-order valence-electron chi connectivity index (χ4n) is 5.76. The van der Waals surface area contributed by atoms with Crippen LogP contribution in [-0.4, -0.2) is 29.3 Å². The van der Waals surface area contributed by atoms with Gasteiger partial charge in [-0.25, -0.2) is 0 Å². The molecule has 0 bridgehead atoms. The molecule has 0 aliphatic carbocycles. The number of rotatable bonds is 12. The van der Waals surface area contributed by atoms with E-state index >= 15 is 0 Å². The van der Waals surface area contributed by atoms with Crippen LogP contribution in [0, 0.1) is 27.7 Å². The van der Waals surface area contributed by atoms with E-state index in [1.165, 1.54) is 34.8 Å². The molecule has 0 radical (unpaired) electrons. The highest BCUT2D eigenvalue weighted by molar-refractivity contribution is 6.74. The van der Waals surface area contributed by atoms with E-state index in [1.807, 2.05) is 13.8 Å². The van der Waals surface area contributed by atoms with Gasteiger partial charge in [-0.15, -0.1) is 0 Å². The Morgan fingerprint density at radius 3 is 1.09 bits per heavy atom. The lowest BCUT2D eigenvalue weighted by Crippen LogP contribution is -2.43. The number of hydrogen-bond donors (Lipinski definition) is 1. The minimum absolute atomic E-state index is 0.176. The Kier molecular flexibility index (Phi) is 17.2. The van der Waals surface area contributed by atoms with Crippen LogP contribution in [0.2, 0.25) is 36.3 Å². The summed E-state index contributed by atoms with van der Waals surface area (Å²) in [6.45, 7) is 30.6. The minimum atomic E-state index is -3.67. The first kappa shape index (κ1) is 41.4. The van der Waals surface area contributed by atoms with Crippen molar-refractivity contribution >= 4 is 24.2 Å². The Balaban J connectivity index is 0.000000730. The van der Waals surface area contributed by atoms with E-state index in [9.17, 15) is 18.1 Å². The molecule has 0 unspecified atom stereocenters. The lowest BCUT2D eigenvalue weighted by Gasteiger charge is -2.39. The van der Waals surface area contributed by atoms with Gasteiger partial charge in [0.25, 0.3) is 0 Å². The summed E-state index contributed by atoms with van der Waals surface area (Å²) in [5, 5.41) is 9.94. The molecule has 0 spiro atoms. The van der Waals surface area contributed by atoms with Crippen LogP contribution in [0.1, 0.15) is 103 Å². The first-order valence-electron chi connectivity index (χ1n) is 15.9. The Morgan fingerprint density at radius 1 is 0.581 bits per heavy atom. The number of aromatic hydroxyl groups is 1. The van der Waals surface area contributed by atoms with Crippen molar-refractivity contribution in [2.45, 2.75) is 144 Å². The van der Waals surface area contributed by atoms with Crippen LogP contribution in [0.15, 0.2) is 30.3 Å². The van der Waals surface area contributed by atoms with Crippen molar-refractivity contribution in [2.75, 3.05) is 0 Å². The summed E-state index contributed by atoms with van der Waals surface area (Å²) in [5.41, 5.74) is 6.51. The summed E-state index contributed by atoms with van der Waals surface area (Å²) in [6.07, 6.45) is 0. The lowest BCUT2D eigenvalue weighted by molar-refractivity contribution is 0.0934. The first-order chi connectivity index (χ1) is 19.7. The molecule has 0 saturated heterocycles. The molecular formula is C34H60BF3O3Si2. The van der Waals surface area contributed by atoms with Gasteiger partial charge in [-0.1, -0.05) is 70.9 Å². The second kappa shape index (κ2) is 17.8. The van der Waals surface area contributed by atoms with Crippen molar-refractivity contribution in [3.8, 4) is 5.75 Å². The van der Waals surface area contributed by atoms with Crippen molar-refractivity contribution in [2.24, 2.45) is 0 Å². The van der Waals surface area contributed by atoms with Crippen molar-refractivity contribution in [3.63, 3.8) is 0 Å². The molecule has 0 atom stereocenters. The zero-order valence-electron chi connectivity index (χ0n) is 29.6. The maximum Gasteiger partial charge on any atom is 0.762 e. The van der Waals surface area contributed by atoms with E-state index in [2.05, 4.69) is 113 Å². The molecular weight excluding hydrogens is 580 g/mol. The van der Waals surface area contributed by atoms with Gasteiger partial charge >= 0.3 is 7.54 Å². The Bertz CT molecular complexity index is 1060. The predicted molar refractivity (Wildman–Crippen MR) is 185 cm³/mol. The maximum absolute atomic E-state index is 9.94. The molecule has 0 amide bonds. The van der Waals surface area contributed by atoms with Gasteiger partial charge in [-0.2, -0.15) is 0 Å². The third-order valence-electron chi connectivity index (χ3n) is 8.91. The van der Waals surface area contributed by atoms with Gasteiger partial charge in [0, 0.05) is 0 Å². The molecule has 2 aromatic carbocycles. The Hall–Kier alpha value is -1.55. The maximum atomic E-state index is 9.94. The van der Waals surface area contributed by atoms with Gasteiger partial charge in [-0.3, -0.25) is 12.9 Å². The second-order valence-electron chi connectivity index (χ2n) is 12.8.